The van der Waals surface area contributed by atoms with Crippen molar-refractivity contribution in [2.75, 3.05) is 5.32 Å². The van der Waals surface area contributed by atoms with Crippen molar-refractivity contribution in [1.82, 2.24) is 0 Å². The highest BCUT2D eigenvalue weighted by molar-refractivity contribution is 5.45. The lowest BCUT2D eigenvalue weighted by Crippen LogP contribution is -2.29. The van der Waals surface area contributed by atoms with Crippen molar-refractivity contribution in [3.8, 4) is 0 Å². The fourth-order valence-corrected chi connectivity index (χ4v) is 3.48. The van der Waals surface area contributed by atoms with Gasteiger partial charge in [-0.15, -0.1) is 0 Å². The molecule has 2 heteroatoms. The second-order valence-electron chi connectivity index (χ2n) is 7.88. The van der Waals surface area contributed by atoms with E-state index in [1.165, 1.54) is 95.5 Å². The van der Waals surface area contributed by atoms with E-state index in [1.54, 1.807) is 0 Å². The summed E-state index contributed by atoms with van der Waals surface area (Å²) in [7, 11) is 0. The Balaban J connectivity index is 2.09. The average Bonchev–Trinajstić information content (AvgIpc) is 2.65. The fourth-order valence-electron chi connectivity index (χ4n) is 3.48. The lowest BCUT2D eigenvalue weighted by molar-refractivity contribution is 0.551. The standard InChI is InChI=1S/C24H44N2/c1-3-5-7-9-11-13-15-17-24(25)26-23-20-18-22(19-21-23)16-14-12-10-8-6-4-2/h18-21,24,26H,3-17,25H2,1-2H3. The lowest BCUT2D eigenvalue weighted by atomic mass is 10.0. The first-order valence-electron chi connectivity index (χ1n) is 11.4. The summed E-state index contributed by atoms with van der Waals surface area (Å²) in [6.45, 7) is 4.54. The quantitative estimate of drug-likeness (QED) is 0.224. The largest absolute Gasteiger partial charge is 0.370 e. The SMILES string of the molecule is CCCCCCCCCC(N)Nc1ccc(CCCCCCCC)cc1. The number of benzene rings is 1. The molecule has 0 heterocycles. The van der Waals surface area contributed by atoms with Crippen molar-refractivity contribution in [1.29, 1.82) is 0 Å². The molecule has 1 rings (SSSR count). The van der Waals surface area contributed by atoms with Crippen LogP contribution in [0.5, 0.6) is 0 Å². The minimum Gasteiger partial charge on any atom is -0.370 e. The van der Waals surface area contributed by atoms with Gasteiger partial charge in [-0.3, -0.25) is 0 Å². The van der Waals surface area contributed by atoms with Crippen molar-refractivity contribution in [3.63, 3.8) is 0 Å². The lowest BCUT2D eigenvalue weighted by Gasteiger charge is -2.15. The molecule has 0 radical (unpaired) electrons. The number of aryl methyl sites for hydroxylation is 1. The van der Waals surface area contributed by atoms with Gasteiger partial charge in [0.2, 0.25) is 0 Å². The molecule has 0 fully saturated rings. The van der Waals surface area contributed by atoms with Crippen molar-refractivity contribution < 1.29 is 0 Å². The Kier molecular flexibility index (Phi) is 14.3. The number of rotatable bonds is 17. The van der Waals surface area contributed by atoms with Crippen molar-refractivity contribution in [2.24, 2.45) is 5.73 Å². The zero-order valence-corrected chi connectivity index (χ0v) is 17.6. The molecule has 0 bridgehead atoms. The first-order chi connectivity index (χ1) is 12.8. The van der Waals surface area contributed by atoms with Crippen LogP contribution in [-0.2, 0) is 6.42 Å². The molecule has 3 N–H and O–H groups in total. The monoisotopic (exact) mass is 360 g/mol. The molecule has 0 amide bonds. The molecule has 1 aromatic rings. The number of anilines is 1. The predicted molar refractivity (Wildman–Crippen MR) is 118 cm³/mol. The molecule has 1 unspecified atom stereocenters. The first kappa shape index (κ1) is 23.0. The second-order valence-corrected chi connectivity index (χ2v) is 7.88. The summed E-state index contributed by atoms with van der Waals surface area (Å²) in [5.74, 6) is 0. The number of nitrogens with one attached hydrogen (secondary N) is 1. The van der Waals surface area contributed by atoms with Gasteiger partial charge in [0.25, 0.3) is 0 Å². The molecule has 0 aliphatic rings. The fraction of sp³-hybridized carbons (Fsp3) is 0.750. The summed E-state index contributed by atoms with van der Waals surface area (Å²) < 4.78 is 0. The predicted octanol–water partition coefficient (Wildman–Crippen LogP) is 7.43. The molecule has 26 heavy (non-hydrogen) atoms. The highest BCUT2D eigenvalue weighted by Gasteiger charge is 2.03. The van der Waals surface area contributed by atoms with Gasteiger partial charge in [0, 0.05) is 5.69 Å². The summed E-state index contributed by atoms with van der Waals surface area (Å²) in [4.78, 5) is 0. The van der Waals surface area contributed by atoms with E-state index in [1.807, 2.05) is 0 Å². The molecule has 1 aromatic carbocycles. The molecular weight excluding hydrogens is 316 g/mol. The maximum atomic E-state index is 6.23. The van der Waals surface area contributed by atoms with Gasteiger partial charge in [0.1, 0.15) is 0 Å². The van der Waals surface area contributed by atoms with Crippen LogP contribution in [-0.4, -0.2) is 6.17 Å². The molecule has 0 aliphatic carbocycles. The van der Waals surface area contributed by atoms with E-state index in [-0.39, 0.29) is 6.17 Å². The smallest absolute Gasteiger partial charge is 0.0743 e. The highest BCUT2D eigenvalue weighted by atomic mass is 15.0. The number of hydrogen-bond donors (Lipinski definition) is 2. The normalized spacial score (nSPS) is 12.3. The van der Waals surface area contributed by atoms with E-state index in [4.69, 9.17) is 5.73 Å². The third kappa shape index (κ3) is 12.4. The van der Waals surface area contributed by atoms with Crippen LogP contribution >= 0.6 is 0 Å². The van der Waals surface area contributed by atoms with E-state index in [0.717, 1.165) is 12.1 Å². The van der Waals surface area contributed by atoms with E-state index < -0.39 is 0 Å². The molecule has 2 nitrogen and oxygen atoms in total. The minimum absolute atomic E-state index is 0.0788. The van der Waals surface area contributed by atoms with Crippen LogP contribution in [0.15, 0.2) is 24.3 Å². The molecule has 150 valence electrons. The van der Waals surface area contributed by atoms with E-state index in [2.05, 4.69) is 43.4 Å². The van der Waals surface area contributed by atoms with Crippen LogP contribution in [0.4, 0.5) is 5.69 Å². The first-order valence-corrected chi connectivity index (χ1v) is 11.4. The third-order valence-electron chi connectivity index (χ3n) is 5.24. The van der Waals surface area contributed by atoms with Gasteiger partial charge in [-0.2, -0.15) is 0 Å². The van der Waals surface area contributed by atoms with E-state index in [0.29, 0.717) is 0 Å². The van der Waals surface area contributed by atoms with E-state index in [9.17, 15) is 0 Å². The summed E-state index contributed by atoms with van der Waals surface area (Å²) >= 11 is 0. The second kappa shape index (κ2) is 16.2. The third-order valence-corrected chi connectivity index (χ3v) is 5.24. The molecule has 1 atom stereocenters. The van der Waals surface area contributed by atoms with Gasteiger partial charge in [0.05, 0.1) is 6.17 Å². The van der Waals surface area contributed by atoms with Crippen molar-refractivity contribution in [2.45, 2.75) is 116 Å². The average molecular weight is 361 g/mol. The van der Waals surface area contributed by atoms with Crippen molar-refractivity contribution >= 4 is 5.69 Å². The molecule has 0 aromatic heterocycles. The van der Waals surface area contributed by atoms with Crippen LogP contribution in [0.25, 0.3) is 0 Å². The Morgan fingerprint density at radius 1 is 0.692 bits per heavy atom. The van der Waals surface area contributed by atoms with Crippen LogP contribution in [0, 0.1) is 0 Å². The van der Waals surface area contributed by atoms with Crippen molar-refractivity contribution in [3.05, 3.63) is 29.8 Å². The zero-order chi connectivity index (χ0) is 18.9. The molecule has 0 saturated heterocycles. The van der Waals surface area contributed by atoms with Gasteiger partial charge in [-0.25, -0.2) is 0 Å². The van der Waals surface area contributed by atoms with Gasteiger partial charge in [-0.1, -0.05) is 103 Å². The summed E-state index contributed by atoms with van der Waals surface area (Å²) in [5.41, 5.74) is 8.84. The maximum Gasteiger partial charge on any atom is 0.0743 e. The van der Waals surface area contributed by atoms with E-state index >= 15 is 0 Å². The Bertz CT molecular complexity index is 413. The van der Waals surface area contributed by atoms with Crippen LogP contribution in [0.2, 0.25) is 0 Å². The Morgan fingerprint density at radius 2 is 1.19 bits per heavy atom. The van der Waals surface area contributed by atoms with Crippen LogP contribution < -0.4 is 11.1 Å². The van der Waals surface area contributed by atoms with Gasteiger partial charge < -0.3 is 11.1 Å². The van der Waals surface area contributed by atoms with Gasteiger partial charge in [0.15, 0.2) is 0 Å². The van der Waals surface area contributed by atoms with Gasteiger partial charge in [-0.05, 0) is 37.0 Å². The minimum atomic E-state index is 0.0788. The molecule has 0 spiro atoms. The molecule has 0 aliphatic heterocycles. The summed E-state index contributed by atoms with van der Waals surface area (Å²) in [5, 5.41) is 3.45. The number of nitrogens with two attached hydrogens (primary N) is 1. The number of hydrogen-bond acceptors (Lipinski definition) is 2. The zero-order valence-electron chi connectivity index (χ0n) is 17.6. The van der Waals surface area contributed by atoms with Gasteiger partial charge >= 0.3 is 0 Å². The number of unbranched alkanes of at least 4 members (excludes halogenated alkanes) is 11. The maximum absolute atomic E-state index is 6.23. The highest BCUT2D eigenvalue weighted by Crippen LogP contribution is 2.15. The van der Waals surface area contributed by atoms with Crippen LogP contribution in [0.3, 0.4) is 0 Å². The Labute approximate surface area is 163 Å². The molecular formula is C24H44N2. The Morgan fingerprint density at radius 3 is 1.77 bits per heavy atom. The van der Waals surface area contributed by atoms with Crippen LogP contribution in [0.1, 0.15) is 109 Å². The topological polar surface area (TPSA) is 38.0 Å². The summed E-state index contributed by atoms with van der Waals surface area (Å²) in [6.07, 6.45) is 19.9. The summed E-state index contributed by atoms with van der Waals surface area (Å²) in [6, 6.07) is 8.90. The Hall–Kier alpha value is -1.02. The molecule has 0 saturated carbocycles.